The van der Waals surface area contributed by atoms with Gasteiger partial charge in [0.2, 0.25) is 0 Å². The van der Waals surface area contributed by atoms with Crippen molar-refractivity contribution < 1.29 is 24.4 Å². The van der Waals surface area contributed by atoms with E-state index < -0.39 is 0 Å². The molecule has 5 nitrogen and oxygen atoms in total. The highest BCUT2D eigenvalue weighted by Gasteiger charge is 1.87. The molecule has 0 aromatic carbocycles. The predicted molar refractivity (Wildman–Crippen MR) is 36.9 cm³/mol. The number of aliphatic hydroxyl groups is 2. The summed E-state index contributed by atoms with van der Waals surface area (Å²) in [5, 5.41) is 16.5. The molecule has 0 rings (SSSR count). The monoisotopic (exact) mass is 166 g/mol. The molecule has 0 saturated carbocycles. The van der Waals surface area contributed by atoms with Crippen molar-refractivity contribution in [3.05, 3.63) is 0 Å². The van der Waals surface area contributed by atoms with Crippen molar-refractivity contribution in [2.75, 3.05) is 40.0 Å². The van der Waals surface area contributed by atoms with Crippen LogP contribution >= 0.6 is 0 Å². The predicted octanol–water partition coefficient (Wildman–Crippen LogP) is -1.06. The second-order valence-corrected chi connectivity index (χ2v) is 1.70. The highest BCUT2D eigenvalue weighted by molar-refractivity contribution is 4.19. The van der Waals surface area contributed by atoms with Crippen LogP contribution in [0.15, 0.2) is 0 Å². The fraction of sp³-hybridized carbons (Fsp3) is 1.00. The van der Waals surface area contributed by atoms with E-state index in [-0.39, 0.29) is 40.0 Å². The second-order valence-electron chi connectivity index (χ2n) is 1.70. The van der Waals surface area contributed by atoms with Gasteiger partial charge in [-0.25, -0.2) is 0 Å². The van der Waals surface area contributed by atoms with Crippen molar-refractivity contribution >= 4 is 0 Å². The van der Waals surface area contributed by atoms with Gasteiger partial charge >= 0.3 is 0 Å². The van der Waals surface area contributed by atoms with Gasteiger partial charge in [-0.2, -0.15) is 0 Å². The van der Waals surface area contributed by atoms with Crippen LogP contribution in [0.5, 0.6) is 0 Å². The molecule has 0 amide bonds. The van der Waals surface area contributed by atoms with Crippen LogP contribution in [0.4, 0.5) is 0 Å². The number of hydrogen-bond acceptors (Lipinski definition) is 5. The summed E-state index contributed by atoms with van der Waals surface area (Å²) < 4.78 is 14.3. The molecule has 0 radical (unpaired) electrons. The van der Waals surface area contributed by atoms with Crippen LogP contribution < -0.4 is 0 Å². The van der Waals surface area contributed by atoms with E-state index in [2.05, 4.69) is 0 Å². The number of aliphatic hydroxyl groups excluding tert-OH is 2. The van der Waals surface area contributed by atoms with Crippen molar-refractivity contribution in [1.82, 2.24) is 0 Å². The van der Waals surface area contributed by atoms with Crippen LogP contribution in [0.3, 0.4) is 0 Å². The third-order valence-corrected chi connectivity index (χ3v) is 0.805. The van der Waals surface area contributed by atoms with Gasteiger partial charge in [-0.15, -0.1) is 0 Å². The van der Waals surface area contributed by atoms with Gasteiger partial charge in [0.15, 0.2) is 0 Å². The summed E-state index contributed by atoms with van der Waals surface area (Å²) in [7, 11) is 0. The minimum atomic E-state index is -0.0130. The summed E-state index contributed by atoms with van der Waals surface area (Å²) in [4.78, 5) is 0. The van der Waals surface area contributed by atoms with E-state index >= 15 is 0 Å². The standard InChI is InChI=1S/C6H14O5/c7-1-3-9-5-11-6-10-4-2-8/h7-8H,1-6H2. The molecule has 68 valence electrons. The molecule has 0 unspecified atom stereocenters. The SMILES string of the molecule is OCCOCOCOCCO. The van der Waals surface area contributed by atoms with E-state index in [1.54, 1.807) is 0 Å². The minimum Gasteiger partial charge on any atom is -0.394 e. The Labute approximate surface area is 65.5 Å². The van der Waals surface area contributed by atoms with Crippen LogP contribution in [0.2, 0.25) is 0 Å². The Hall–Kier alpha value is -0.200. The van der Waals surface area contributed by atoms with Crippen molar-refractivity contribution in [2.24, 2.45) is 0 Å². The molecule has 0 heterocycles. The minimum absolute atomic E-state index is 0.0130. The first kappa shape index (κ1) is 10.8. The Morgan fingerprint density at radius 1 is 0.727 bits per heavy atom. The Kier molecular flexibility index (Phi) is 9.62. The molecule has 0 aliphatic rings. The summed E-state index contributed by atoms with van der Waals surface area (Å²) in [6.07, 6.45) is 0. The first-order valence-electron chi connectivity index (χ1n) is 3.36. The lowest BCUT2D eigenvalue weighted by atomic mass is 10.8. The number of rotatable bonds is 8. The van der Waals surface area contributed by atoms with E-state index in [1.807, 2.05) is 0 Å². The normalized spacial score (nSPS) is 10.4. The number of hydrogen-bond donors (Lipinski definition) is 2. The van der Waals surface area contributed by atoms with Gasteiger partial charge in [-0.1, -0.05) is 0 Å². The summed E-state index contributed by atoms with van der Waals surface area (Å²) in [5.74, 6) is 0. The maximum absolute atomic E-state index is 8.26. The maximum atomic E-state index is 8.26. The molecule has 0 spiro atoms. The highest BCUT2D eigenvalue weighted by Crippen LogP contribution is 1.79. The van der Waals surface area contributed by atoms with Crippen LogP contribution in [-0.4, -0.2) is 50.2 Å². The molecular weight excluding hydrogens is 152 g/mol. The lowest BCUT2D eigenvalue weighted by Crippen LogP contribution is -2.08. The van der Waals surface area contributed by atoms with Gasteiger partial charge in [-0.3, -0.25) is 0 Å². The summed E-state index contributed by atoms with van der Waals surface area (Å²) >= 11 is 0. The van der Waals surface area contributed by atoms with Gasteiger partial charge in [0.05, 0.1) is 26.4 Å². The first-order chi connectivity index (χ1) is 5.41. The molecule has 0 atom stereocenters. The zero-order valence-electron chi connectivity index (χ0n) is 6.36. The molecule has 0 bridgehead atoms. The average molecular weight is 166 g/mol. The Balaban J connectivity index is 2.69. The largest absolute Gasteiger partial charge is 0.394 e. The number of ether oxygens (including phenoxy) is 3. The third-order valence-electron chi connectivity index (χ3n) is 0.805. The Bertz CT molecular complexity index is 60.0. The fourth-order valence-corrected chi connectivity index (χ4v) is 0.399. The molecule has 0 aliphatic carbocycles. The van der Waals surface area contributed by atoms with Crippen LogP contribution in [0.25, 0.3) is 0 Å². The van der Waals surface area contributed by atoms with E-state index in [1.165, 1.54) is 0 Å². The van der Waals surface area contributed by atoms with Gasteiger partial charge in [0, 0.05) is 0 Å². The zero-order chi connectivity index (χ0) is 8.36. The van der Waals surface area contributed by atoms with Crippen molar-refractivity contribution in [3.8, 4) is 0 Å². The first-order valence-corrected chi connectivity index (χ1v) is 3.36. The molecule has 0 aromatic rings. The van der Waals surface area contributed by atoms with E-state index in [9.17, 15) is 0 Å². The second kappa shape index (κ2) is 9.80. The molecule has 0 fully saturated rings. The molecular formula is C6H14O5. The van der Waals surface area contributed by atoms with Crippen molar-refractivity contribution in [1.29, 1.82) is 0 Å². The summed E-state index contributed by atoms with van der Waals surface area (Å²) in [6.45, 7) is 0.708. The average Bonchev–Trinajstić information content (AvgIpc) is 2.03. The van der Waals surface area contributed by atoms with E-state index in [4.69, 9.17) is 24.4 Å². The molecule has 0 saturated heterocycles. The van der Waals surface area contributed by atoms with Gasteiger partial charge in [0.25, 0.3) is 0 Å². The zero-order valence-corrected chi connectivity index (χ0v) is 6.36. The molecule has 0 aromatic heterocycles. The quantitative estimate of drug-likeness (QED) is 0.355. The van der Waals surface area contributed by atoms with Gasteiger partial charge in [-0.05, 0) is 0 Å². The lowest BCUT2D eigenvalue weighted by molar-refractivity contribution is -0.137. The topological polar surface area (TPSA) is 68.2 Å². The van der Waals surface area contributed by atoms with Crippen molar-refractivity contribution in [2.45, 2.75) is 0 Å². The highest BCUT2D eigenvalue weighted by atomic mass is 16.7. The van der Waals surface area contributed by atoms with Crippen molar-refractivity contribution in [3.63, 3.8) is 0 Å². The van der Waals surface area contributed by atoms with Crippen LogP contribution in [0.1, 0.15) is 0 Å². The van der Waals surface area contributed by atoms with Crippen LogP contribution in [0, 0.1) is 0 Å². The smallest absolute Gasteiger partial charge is 0.149 e. The fourth-order valence-electron chi connectivity index (χ4n) is 0.399. The Morgan fingerprint density at radius 2 is 1.18 bits per heavy atom. The molecule has 2 N–H and O–H groups in total. The van der Waals surface area contributed by atoms with E-state index in [0.29, 0.717) is 0 Å². The molecule has 5 heteroatoms. The third kappa shape index (κ3) is 9.80. The maximum Gasteiger partial charge on any atom is 0.149 e. The Morgan fingerprint density at radius 3 is 1.55 bits per heavy atom. The van der Waals surface area contributed by atoms with E-state index in [0.717, 1.165) is 0 Å². The van der Waals surface area contributed by atoms with Gasteiger partial charge < -0.3 is 24.4 Å². The lowest BCUT2D eigenvalue weighted by Gasteiger charge is -2.03. The molecule has 11 heavy (non-hydrogen) atoms. The van der Waals surface area contributed by atoms with Gasteiger partial charge in [0.1, 0.15) is 13.6 Å². The summed E-state index contributed by atoms with van der Waals surface area (Å²) in [5.41, 5.74) is 0. The molecule has 0 aliphatic heterocycles. The summed E-state index contributed by atoms with van der Waals surface area (Å²) in [6, 6.07) is 0. The van der Waals surface area contributed by atoms with Crippen LogP contribution in [-0.2, 0) is 14.2 Å².